The van der Waals surface area contributed by atoms with Crippen LogP contribution in [0.4, 0.5) is 0 Å². The quantitative estimate of drug-likeness (QED) is 0.471. The van der Waals surface area contributed by atoms with Crippen LogP contribution in [0.5, 0.6) is 0 Å². The molecule has 2 heterocycles. The van der Waals surface area contributed by atoms with Gasteiger partial charge in [-0.2, -0.15) is 0 Å². The van der Waals surface area contributed by atoms with Crippen LogP contribution in [0, 0.1) is 12.3 Å². The molecule has 0 spiro atoms. The molecular weight excluding hydrogens is 336 g/mol. The van der Waals surface area contributed by atoms with Crippen molar-refractivity contribution in [2.45, 2.75) is 0 Å². The van der Waals surface area contributed by atoms with Gasteiger partial charge in [-0.15, -0.1) is 6.42 Å². The predicted molar refractivity (Wildman–Crippen MR) is 105 cm³/mol. The molecule has 128 valence electrons. The average molecular weight is 350 g/mol. The molecule has 0 saturated carbocycles. The van der Waals surface area contributed by atoms with Crippen LogP contribution < -0.4 is 0 Å². The molecule has 0 radical (unpaired) electrons. The van der Waals surface area contributed by atoms with Gasteiger partial charge in [-0.05, 0) is 53.6 Å². The van der Waals surface area contributed by atoms with Crippen molar-refractivity contribution in [1.82, 2.24) is 9.97 Å². The molecule has 4 heteroatoms. The first-order valence-corrected chi connectivity index (χ1v) is 8.33. The Morgan fingerprint density at radius 2 is 1.74 bits per heavy atom. The Labute approximate surface area is 156 Å². The molecule has 27 heavy (non-hydrogen) atoms. The standard InChI is InChI=1S/C17H10N2O2.C6H4/c1-2-11-5-3-7-13(17(20)21)15(11)14-9-8-12-6-4-10-18-16(12)19-14;1-2-5-4-6(5)3-1/h1,3-10H,(H,20,21);1-4H. The van der Waals surface area contributed by atoms with Crippen molar-refractivity contribution in [3.8, 4) is 34.7 Å². The van der Waals surface area contributed by atoms with Crippen molar-refractivity contribution >= 4 is 17.0 Å². The van der Waals surface area contributed by atoms with Crippen molar-refractivity contribution in [2.24, 2.45) is 0 Å². The van der Waals surface area contributed by atoms with Crippen LogP contribution in [0.2, 0.25) is 0 Å². The van der Waals surface area contributed by atoms with E-state index in [1.807, 2.05) is 18.2 Å². The van der Waals surface area contributed by atoms with Gasteiger partial charge in [-0.25, -0.2) is 14.8 Å². The van der Waals surface area contributed by atoms with Gasteiger partial charge < -0.3 is 5.11 Å². The van der Waals surface area contributed by atoms with E-state index >= 15 is 0 Å². The molecule has 0 atom stereocenters. The molecule has 0 unspecified atom stereocenters. The summed E-state index contributed by atoms with van der Waals surface area (Å²) in [6.45, 7) is 0. The van der Waals surface area contributed by atoms with E-state index in [9.17, 15) is 9.90 Å². The number of carboxylic acids is 1. The number of aromatic carboxylic acids is 1. The number of pyridine rings is 2. The largest absolute Gasteiger partial charge is 0.478 e. The highest BCUT2D eigenvalue weighted by molar-refractivity contribution is 5.97. The molecule has 2 aromatic heterocycles. The number of carboxylic acid groups (broad SMARTS) is 1. The Hall–Kier alpha value is -3.97. The Morgan fingerprint density at radius 3 is 2.37 bits per heavy atom. The monoisotopic (exact) mass is 350 g/mol. The minimum atomic E-state index is -1.04. The minimum Gasteiger partial charge on any atom is -0.478 e. The van der Waals surface area contributed by atoms with E-state index in [2.05, 4.69) is 40.2 Å². The summed E-state index contributed by atoms with van der Waals surface area (Å²) in [6.07, 6.45) is 7.13. The topological polar surface area (TPSA) is 63.1 Å². The number of rotatable bonds is 2. The highest BCUT2D eigenvalue weighted by Gasteiger charge is 2.16. The molecule has 0 aliphatic heterocycles. The van der Waals surface area contributed by atoms with E-state index in [0.29, 0.717) is 22.5 Å². The number of terminal acetylenes is 1. The molecule has 2 aliphatic carbocycles. The lowest BCUT2D eigenvalue weighted by atomic mass is 9.98. The zero-order valence-electron chi connectivity index (χ0n) is 14.3. The number of aromatic nitrogens is 2. The number of carbonyl (C=O) groups is 1. The second-order valence-electron chi connectivity index (χ2n) is 6.01. The zero-order valence-corrected chi connectivity index (χ0v) is 14.3. The first-order valence-electron chi connectivity index (χ1n) is 8.33. The highest BCUT2D eigenvalue weighted by atomic mass is 16.4. The molecule has 3 aromatic rings. The van der Waals surface area contributed by atoms with Gasteiger partial charge in [0.25, 0.3) is 0 Å². The number of hydrogen-bond acceptors (Lipinski definition) is 3. The summed E-state index contributed by atoms with van der Waals surface area (Å²) < 4.78 is 0. The first-order chi connectivity index (χ1) is 13.2. The maximum Gasteiger partial charge on any atom is 0.336 e. The third-order valence-corrected chi connectivity index (χ3v) is 4.28. The smallest absolute Gasteiger partial charge is 0.336 e. The summed E-state index contributed by atoms with van der Waals surface area (Å²) in [5.74, 6) is 1.48. The van der Waals surface area contributed by atoms with E-state index in [0.717, 1.165) is 5.39 Å². The number of benzene rings is 2. The Bertz CT molecular complexity index is 1210. The van der Waals surface area contributed by atoms with Gasteiger partial charge in [0.2, 0.25) is 0 Å². The van der Waals surface area contributed by atoms with E-state index in [1.165, 1.54) is 17.2 Å². The summed E-state index contributed by atoms with van der Waals surface area (Å²) in [6, 6.07) is 20.6. The van der Waals surface area contributed by atoms with Crippen LogP contribution >= 0.6 is 0 Å². The lowest BCUT2D eigenvalue weighted by molar-refractivity contribution is 0.0697. The van der Waals surface area contributed by atoms with Gasteiger partial charge in [0, 0.05) is 22.7 Å². The Morgan fingerprint density at radius 1 is 0.963 bits per heavy atom. The fraction of sp³-hybridized carbons (Fsp3) is 0. The summed E-state index contributed by atoms with van der Waals surface area (Å²) in [7, 11) is 0. The van der Waals surface area contributed by atoms with E-state index < -0.39 is 5.97 Å². The fourth-order valence-corrected chi connectivity index (χ4v) is 2.89. The normalized spacial score (nSPS) is 10.5. The molecule has 1 N–H and O–H groups in total. The Balaban J connectivity index is 0.000000250. The van der Waals surface area contributed by atoms with E-state index in [4.69, 9.17) is 6.42 Å². The maximum absolute atomic E-state index is 11.4. The maximum atomic E-state index is 11.4. The molecule has 5 rings (SSSR count). The fourth-order valence-electron chi connectivity index (χ4n) is 2.89. The molecule has 4 nitrogen and oxygen atoms in total. The third kappa shape index (κ3) is 3.26. The van der Waals surface area contributed by atoms with Crippen LogP contribution in [0.1, 0.15) is 15.9 Å². The predicted octanol–water partition coefficient (Wildman–Crippen LogP) is 4.64. The van der Waals surface area contributed by atoms with Crippen molar-refractivity contribution in [3.63, 3.8) is 0 Å². The highest BCUT2D eigenvalue weighted by Crippen LogP contribution is 2.32. The van der Waals surface area contributed by atoms with Gasteiger partial charge in [0.05, 0.1) is 11.3 Å². The van der Waals surface area contributed by atoms with Crippen LogP contribution in [-0.2, 0) is 0 Å². The lowest BCUT2D eigenvalue weighted by Gasteiger charge is -2.09. The molecule has 1 aromatic carbocycles. The van der Waals surface area contributed by atoms with Crippen molar-refractivity contribution in [2.75, 3.05) is 0 Å². The van der Waals surface area contributed by atoms with Crippen molar-refractivity contribution < 1.29 is 9.90 Å². The summed E-state index contributed by atoms with van der Waals surface area (Å²) in [5.41, 5.74) is 4.99. The van der Waals surface area contributed by atoms with Gasteiger partial charge in [-0.1, -0.05) is 30.2 Å². The van der Waals surface area contributed by atoms with Gasteiger partial charge in [-0.3, -0.25) is 0 Å². The SMILES string of the molecule is C#Cc1cccc(C(=O)O)c1-c1ccc2cccnc2n1.c1cc2cc-2c1. The number of hydrogen-bond donors (Lipinski definition) is 1. The molecule has 2 aliphatic rings. The van der Waals surface area contributed by atoms with Gasteiger partial charge >= 0.3 is 5.97 Å². The van der Waals surface area contributed by atoms with Crippen LogP contribution in [-0.4, -0.2) is 21.0 Å². The van der Waals surface area contributed by atoms with Crippen molar-refractivity contribution in [1.29, 1.82) is 0 Å². The van der Waals surface area contributed by atoms with Gasteiger partial charge in [0.15, 0.2) is 5.65 Å². The van der Waals surface area contributed by atoms with Crippen LogP contribution in [0.25, 0.3) is 33.4 Å². The molecule has 0 fully saturated rings. The molecule has 0 amide bonds. The average Bonchev–Trinajstić information content (AvgIpc) is 3.31. The van der Waals surface area contributed by atoms with Crippen molar-refractivity contribution in [3.05, 3.63) is 84.1 Å². The minimum absolute atomic E-state index is 0.133. The second-order valence-corrected chi connectivity index (χ2v) is 6.01. The first kappa shape index (κ1) is 16.5. The lowest BCUT2D eigenvalue weighted by Crippen LogP contribution is -2.02. The Kier molecular flexibility index (Phi) is 4.12. The molecular formula is C23H14N2O2. The molecule has 0 bridgehead atoms. The van der Waals surface area contributed by atoms with E-state index in [1.54, 1.807) is 24.4 Å². The van der Waals surface area contributed by atoms with Crippen LogP contribution in [0.15, 0.2) is 72.9 Å². The number of fused-ring (bicyclic) bond motifs is 2. The van der Waals surface area contributed by atoms with Gasteiger partial charge in [0.1, 0.15) is 0 Å². The van der Waals surface area contributed by atoms with Crippen LogP contribution in [0.3, 0.4) is 0 Å². The number of nitrogens with zero attached hydrogens (tertiary/aromatic N) is 2. The molecule has 0 saturated heterocycles. The summed E-state index contributed by atoms with van der Waals surface area (Å²) in [4.78, 5) is 20.0. The second kappa shape index (κ2) is 6.74. The summed E-state index contributed by atoms with van der Waals surface area (Å²) >= 11 is 0. The zero-order chi connectivity index (χ0) is 18.8. The summed E-state index contributed by atoms with van der Waals surface area (Å²) in [5, 5.41) is 10.2. The third-order valence-electron chi connectivity index (χ3n) is 4.28. The van der Waals surface area contributed by atoms with E-state index in [-0.39, 0.29) is 5.56 Å².